The highest BCUT2D eigenvalue weighted by molar-refractivity contribution is 7.89. The molecule has 0 radical (unpaired) electrons. The molecular weight excluding hydrogens is 466 g/mol. The molecule has 1 aliphatic carbocycles. The Morgan fingerprint density at radius 3 is 2.27 bits per heavy atom. The Hall–Kier alpha value is -2.47. The molecule has 2 aliphatic rings. The summed E-state index contributed by atoms with van der Waals surface area (Å²) in [5, 5.41) is 0. The average molecular weight is 494 g/mol. The normalized spacial score (nSPS) is 17.7. The van der Waals surface area contributed by atoms with E-state index in [4.69, 9.17) is 4.74 Å². The van der Waals surface area contributed by atoms with E-state index in [1.807, 2.05) is 6.07 Å². The van der Waals surface area contributed by atoms with Crippen molar-refractivity contribution < 1.29 is 26.4 Å². The van der Waals surface area contributed by atoms with Crippen LogP contribution in [-0.2, 0) is 25.8 Å². The maximum Gasteiger partial charge on any atom is 0.253 e. The van der Waals surface area contributed by atoms with Crippen LogP contribution in [-0.4, -0.2) is 71.3 Å². The summed E-state index contributed by atoms with van der Waals surface area (Å²) < 4.78 is 60.2. The fourth-order valence-electron chi connectivity index (χ4n) is 3.73. The van der Waals surface area contributed by atoms with E-state index >= 15 is 0 Å². The summed E-state index contributed by atoms with van der Waals surface area (Å²) in [6.07, 6.45) is 1.58. The number of ether oxygens (including phenoxy) is 1. The van der Waals surface area contributed by atoms with Crippen molar-refractivity contribution in [2.75, 3.05) is 33.3 Å². The summed E-state index contributed by atoms with van der Waals surface area (Å²) in [6.45, 7) is 0.819. The molecule has 1 saturated carbocycles. The summed E-state index contributed by atoms with van der Waals surface area (Å²) in [7, 11) is -5.94. The number of sulfonamides is 2. The molecule has 11 heteroatoms. The molecule has 178 valence electrons. The SMILES string of the molecule is COc1ccc(C(=O)N2CCN(S(=O)(=O)Cc3ccccc3)CC2)cc1S(=O)(=O)NC1CC1. The Kier molecular flexibility index (Phi) is 6.76. The molecule has 2 fully saturated rings. The van der Waals surface area contributed by atoms with Crippen LogP contribution in [0.3, 0.4) is 0 Å². The molecule has 0 aromatic heterocycles. The van der Waals surface area contributed by atoms with Crippen molar-refractivity contribution in [2.24, 2.45) is 0 Å². The fraction of sp³-hybridized carbons (Fsp3) is 0.409. The van der Waals surface area contributed by atoms with Crippen molar-refractivity contribution in [3.63, 3.8) is 0 Å². The zero-order valence-electron chi connectivity index (χ0n) is 18.3. The molecule has 33 heavy (non-hydrogen) atoms. The smallest absolute Gasteiger partial charge is 0.253 e. The van der Waals surface area contributed by atoms with Gasteiger partial charge in [-0.2, -0.15) is 4.31 Å². The van der Waals surface area contributed by atoms with Crippen LogP contribution in [0, 0.1) is 0 Å². The molecular formula is C22H27N3O6S2. The van der Waals surface area contributed by atoms with Gasteiger partial charge in [0, 0.05) is 37.8 Å². The van der Waals surface area contributed by atoms with Crippen molar-refractivity contribution in [2.45, 2.75) is 29.5 Å². The largest absolute Gasteiger partial charge is 0.495 e. The number of hydrogen-bond acceptors (Lipinski definition) is 6. The molecule has 4 rings (SSSR count). The number of rotatable bonds is 8. The van der Waals surface area contributed by atoms with Gasteiger partial charge in [-0.05, 0) is 36.6 Å². The van der Waals surface area contributed by atoms with E-state index in [1.165, 1.54) is 29.6 Å². The number of nitrogens with zero attached hydrogens (tertiary/aromatic N) is 2. The standard InChI is InChI=1S/C22H27N3O6S2/c1-31-20-10-7-18(15-21(20)33(29,30)23-19-8-9-19)22(26)24-11-13-25(14-12-24)32(27,28)16-17-5-3-2-4-6-17/h2-7,10,15,19,23H,8-9,11-14,16H2,1H3. The minimum atomic E-state index is -3.82. The molecule has 1 heterocycles. The zero-order valence-corrected chi connectivity index (χ0v) is 19.9. The topological polar surface area (TPSA) is 113 Å². The molecule has 0 spiro atoms. The van der Waals surface area contributed by atoms with Crippen molar-refractivity contribution in [3.05, 3.63) is 59.7 Å². The molecule has 1 N–H and O–H groups in total. The average Bonchev–Trinajstić information content (AvgIpc) is 3.62. The summed E-state index contributed by atoms with van der Waals surface area (Å²) in [4.78, 5) is 14.5. The molecule has 0 atom stereocenters. The third-order valence-electron chi connectivity index (χ3n) is 5.71. The van der Waals surface area contributed by atoms with Crippen molar-refractivity contribution in [1.29, 1.82) is 0 Å². The summed E-state index contributed by atoms with van der Waals surface area (Å²) in [6, 6.07) is 13.2. The predicted octanol–water partition coefficient (Wildman–Crippen LogP) is 1.42. The second kappa shape index (κ2) is 9.41. The second-order valence-electron chi connectivity index (χ2n) is 8.19. The van der Waals surface area contributed by atoms with E-state index in [2.05, 4.69) is 4.72 Å². The van der Waals surface area contributed by atoms with Crippen LogP contribution in [0.5, 0.6) is 5.75 Å². The summed E-state index contributed by atoms with van der Waals surface area (Å²) >= 11 is 0. The third-order valence-corrected chi connectivity index (χ3v) is 9.10. The second-order valence-corrected chi connectivity index (χ2v) is 11.8. The van der Waals surface area contributed by atoms with Crippen molar-refractivity contribution in [1.82, 2.24) is 13.9 Å². The van der Waals surface area contributed by atoms with E-state index in [9.17, 15) is 21.6 Å². The lowest BCUT2D eigenvalue weighted by Gasteiger charge is -2.34. The van der Waals surface area contributed by atoms with Crippen LogP contribution < -0.4 is 9.46 Å². The van der Waals surface area contributed by atoms with E-state index in [1.54, 1.807) is 29.2 Å². The van der Waals surface area contributed by atoms with Crippen LogP contribution >= 0.6 is 0 Å². The maximum absolute atomic E-state index is 13.1. The summed E-state index contributed by atoms with van der Waals surface area (Å²) in [5.74, 6) is -0.271. The van der Waals surface area contributed by atoms with Crippen LogP contribution in [0.25, 0.3) is 0 Å². The van der Waals surface area contributed by atoms with Crippen LogP contribution in [0.1, 0.15) is 28.8 Å². The molecule has 0 unspecified atom stereocenters. The number of hydrogen-bond donors (Lipinski definition) is 1. The van der Waals surface area contributed by atoms with Gasteiger partial charge in [-0.15, -0.1) is 0 Å². The monoisotopic (exact) mass is 493 g/mol. The minimum absolute atomic E-state index is 0.0770. The van der Waals surface area contributed by atoms with Gasteiger partial charge in [-0.3, -0.25) is 4.79 Å². The van der Waals surface area contributed by atoms with Gasteiger partial charge in [-0.25, -0.2) is 21.6 Å². The number of carbonyl (C=O) groups excluding carboxylic acids is 1. The fourth-order valence-corrected chi connectivity index (χ4v) is 6.75. The molecule has 1 saturated heterocycles. The number of methoxy groups -OCH3 is 1. The van der Waals surface area contributed by atoms with Gasteiger partial charge in [0.1, 0.15) is 10.6 Å². The third kappa shape index (κ3) is 5.55. The number of amides is 1. The number of piperazine rings is 1. The zero-order chi connectivity index (χ0) is 23.6. The Bertz CT molecular complexity index is 1220. The van der Waals surface area contributed by atoms with Gasteiger partial charge in [0.2, 0.25) is 20.0 Å². The molecule has 2 aromatic rings. The highest BCUT2D eigenvalue weighted by atomic mass is 32.2. The lowest BCUT2D eigenvalue weighted by molar-refractivity contribution is 0.0697. The first-order valence-corrected chi connectivity index (χ1v) is 13.8. The first kappa shape index (κ1) is 23.7. The Morgan fingerprint density at radius 1 is 1.00 bits per heavy atom. The molecule has 1 amide bonds. The van der Waals surface area contributed by atoms with Gasteiger partial charge >= 0.3 is 0 Å². The number of nitrogens with one attached hydrogen (secondary N) is 1. The van der Waals surface area contributed by atoms with E-state index in [0.29, 0.717) is 5.56 Å². The number of benzene rings is 2. The first-order valence-electron chi connectivity index (χ1n) is 10.7. The minimum Gasteiger partial charge on any atom is -0.495 e. The molecule has 2 aromatic carbocycles. The van der Waals surface area contributed by atoms with Crippen LogP contribution in [0.2, 0.25) is 0 Å². The molecule has 1 aliphatic heterocycles. The van der Waals surface area contributed by atoms with Gasteiger partial charge in [0.25, 0.3) is 5.91 Å². The van der Waals surface area contributed by atoms with Crippen molar-refractivity contribution in [3.8, 4) is 5.75 Å². The van der Waals surface area contributed by atoms with E-state index in [0.717, 1.165) is 12.8 Å². The quantitative estimate of drug-likeness (QED) is 0.595. The number of carbonyl (C=O) groups is 1. The first-order chi connectivity index (χ1) is 15.7. The van der Waals surface area contributed by atoms with E-state index in [-0.39, 0.29) is 60.1 Å². The maximum atomic E-state index is 13.1. The Labute approximate surface area is 194 Å². The lowest BCUT2D eigenvalue weighted by atomic mass is 10.1. The van der Waals surface area contributed by atoms with Crippen molar-refractivity contribution >= 4 is 26.0 Å². The van der Waals surface area contributed by atoms with Gasteiger partial charge in [-0.1, -0.05) is 30.3 Å². The van der Waals surface area contributed by atoms with Gasteiger partial charge < -0.3 is 9.64 Å². The molecule has 9 nitrogen and oxygen atoms in total. The van der Waals surface area contributed by atoms with Gasteiger partial charge in [0.15, 0.2) is 0 Å². The predicted molar refractivity (Wildman–Crippen MR) is 123 cm³/mol. The Morgan fingerprint density at radius 2 is 1.67 bits per heavy atom. The highest BCUT2D eigenvalue weighted by Gasteiger charge is 2.32. The van der Waals surface area contributed by atoms with Gasteiger partial charge in [0.05, 0.1) is 12.9 Å². The van der Waals surface area contributed by atoms with Crippen LogP contribution in [0.15, 0.2) is 53.4 Å². The Balaban J connectivity index is 1.45. The van der Waals surface area contributed by atoms with E-state index < -0.39 is 20.0 Å². The lowest BCUT2D eigenvalue weighted by Crippen LogP contribution is -2.50. The summed E-state index contributed by atoms with van der Waals surface area (Å²) in [5.41, 5.74) is 0.926. The molecule has 0 bridgehead atoms. The van der Waals surface area contributed by atoms with Crippen LogP contribution in [0.4, 0.5) is 0 Å². The highest BCUT2D eigenvalue weighted by Crippen LogP contribution is 2.29.